The van der Waals surface area contributed by atoms with Crippen LogP contribution in [0, 0.1) is 0 Å². The molecular formula is C21H40N4O9S2. The van der Waals surface area contributed by atoms with Crippen molar-refractivity contribution in [3.63, 3.8) is 0 Å². The number of carbonyl (C=O) groups excluding carboxylic acids is 1. The third kappa shape index (κ3) is 16.3. The molecule has 36 heavy (non-hydrogen) atoms. The lowest BCUT2D eigenvalue weighted by molar-refractivity contribution is -0.140. The van der Waals surface area contributed by atoms with E-state index in [1.807, 2.05) is 4.90 Å². The summed E-state index contributed by atoms with van der Waals surface area (Å²) in [6, 6.07) is 0. The molecule has 1 unspecified atom stereocenters. The Hall–Kier alpha value is -1.46. The highest BCUT2D eigenvalue weighted by molar-refractivity contribution is 8.84. The molecule has 1 aliphatic heterocycles. The highest BCUT2D eigenvalue weighted by Gasteiger charge is 2.18. The van der Waals surface area contributed by atoms with Gasteiger partial charge in [0.2, 0.25) is 0 Å². The largest absolute Gasteiger partial charge is 0.480 e. The van der Waals surface area contributed by atoms with Gasteiger partial charge in [0.25, 0.3) is 0 Å². The molecule has 0 aromatic rings. The van der Waals surface area contributed by atoms with Crippen LogP contribution >= 0.6 is 21.6 Å². The lowest BCUT2D eigenvalue weighted by Crippen LogP contribution is -2.43. The molecule has 3 N–H and O–H groups in total. The van der Waals surface area contributed by atoms with E-state index in [0.717, 1.165) is 0 Å². The van der Waals surface area contributed by atoms with Crippen LogP contribution in [0.4, 0.5) is 0 Å². The predicted octanol–water partition coefficient (Wildman–Crippen LogP) is -1.50. The monoisotopic (exact) mass is 556 g/mol. The Kier molecular flexibility index (Phi) is 16.9. The number of thiol groups is 2. The Bertz CT molecular complexity index is 702. The minimum atomic E-state index is -1.05. The van der Waals surface area contributed by atoms with Gasteiger partial charge in [-0.15, -0.1) is 21.6 Å². The molecule has 0 aliphatic carbocycles. The summed E-state index contributed by atoms with van der Waals surface area (Å²) in [6.45, 7) is 3.79. The van der Waals surface area contributed by atoms with E-state index in [1.165, 1.54) is 0 Å². The van der Waals surface area contributed by atoms with Crippen LogP contribution in [-0.4, -0.2) is 169 Å². The zero-order chi connectivity index (χ0) is 26.9. The molecule has 1 heterocycles. The maximum atomic E-state index is 12.3. The fourth-order valence-corrected chi connectivity index (χ4v) is 4.09. The second-order valence-corrected chi connectivity index (χ2v) is 11.8. The van der Waals surface area contributed by atoms with Crippen molar-refractivity contribution in [2.24, 2.45) is 0 Å². The highest BCUT2D eigenvalue weighted by atomic mass is 33.1. The minimum Gasteiger partial charge on any atom is -0.480 e. The van der Waals surface area contributed by atoms with Crippen LogP contribution in [0.3, 0.4) is 0 Å². The van der Waals surface area contributed by atoms with Gasteiger partial charge in [-0.2, -0.15) is 0 Å². The average Bonchev–Trinajstić information content (AvgIpc) is 2.77. The predicted molar refractivity (Wildman–Crippen MR) is 139 cm³/mol. The Labute approximate surface area is 219 Å². The highest BCUT2D eigenvalue weighted by Crippen LogP contribution is 2.25. The van der Waals surface area contributed by atoms with E-state index in [4.69, 9.17) is 9.47 Å². The van der Waals surface area contributed by atoms with Crippen molar-refractivity contribution < 1.29 is 44.0 Å². The number of hydrogen-bond acceptors (Lipinski definition) is 11. The van der Waals surface area contributed by atoms with E-state index in [0.29, 0.717) is 59.0 Å². The average molecular weight is 557 g/mol. The van der Waals surface area contributed by atoms with Crippen LogP contribution in [0.2, 0.25) is 0 Å². The second kappa shape index (κ2) is 18.7. The normalized spacial score (nSPS) is 21.2. The van der Waals surface area contributed by atoms with Crippen molar-refractivity contribution in [1.82, 2.24) is 19.6 Å². The van der Waals surface area contributed by atoms with Crippen LogP contribution < -0.4 is 0 Å². The van der Waals surface area contributed by atoms with Gasteiger partial charge < -0.3 is 24.8 Å². The van der Waals surface area contributed by atoms with E-state index in [-0.39, 0.29) is 51.1 Å². The molecule has 0 spiro atoms. The van der Waals surface area contributed by atoms with Gasteiger partial charge in [0.1, 0.15) is 0 Å². The third-order valence-electron chi connectivity index (χ3n) is 5.47. The van der Waals surface area contributed by atoms with E-state index in [2.05, 4.69) is 11.7 Å². The van der Waals surface area contributed by atoms with Gasteiger partial charge >= 0.3 is 17.9 Å². The molecule has 1 fully saturated rings. The maximum absolute atomic E-state index is 12.3. The molecule has 1 saturated heterocycles. The standard InChI is InChI=1S/C21H40N4O9S2/c1-36(35)21(32)17-25-5-4-24(16-20(30)31)8-11-33-10-6-22(14-18(26)27)2-3-23(15-19(28)29)7-12-34-13-9-25/h35-36H,2-17H2,1H3,(H,26,27)(H,28,29)(H,30,31). The Morgan fingerprint density at radius 1 is 0.611 bits per heavy atom. The Morgan fingerprint density at radius 2 is 0.889 bits per heavy atom. The van der Waals surface area contributed by atoms with Gasteiger partial charge in [-0.3, -0.25) is 38.8 Å². The first kappa shape index (κ1) is 32.6. The van der Waals surface area contributed by atoms with Crippen molar-refractivity contribution >= 4 is 44.6 Å². The van der Waals surface area contributed by atoms with Gasteiger partial charge in [-0.05, 0) is 6.26 Å². The van der Waals surface area contributed by atoms with Gasteiger partial charge in [0.05, 0.1) is 52.6 Å². The summed E-state index contributed by atoms with van der Waals surface area (Å²) in [5, 5.41) is 27.7. The van der Waals surface area contributed by atoms with Crippen LogP contribution in [0.25, 0.3) is 0 Å². The fourth-order valence-electron chi connectivity index (χ4n) is 3.49. The molecule has 15 heteroatoms. The first-order valence-electron chi connectivity index (χ1n) is 11.7. The van der Waals surface area contributed by atoms with Gasteiger partial charge in [-0.1, -0.05) is 0 Å². The molecule has 0 radical (unpaired) electrons. The van der Waals surface area contributed by atoms with Crippen molar-refractivity contribution in [2.75, 3.05) is 111 Å². The maximum Gasteiger partial charge on any atom is 0.317 e. The first-order chi connectivity index (χ1) is 17.1. The van der Waals surface area contributed by atoms with E-state index >= 15 is 0 Å². The summed E-state index contributed by atoms with van der Waals surface area (Å²) in [5.74, 6) is -2.94. The third-order valence-corrected chi connectivity index (χ3v) is 7.00. The molecule has 0 amide bonds. The van der Waals surface area contributed by atoms with E-state index in [9.17, 15) is 34.5 Å². The quantitative estimate of drug-likeness (QED) is 0.174. The number of carbonyl (C=O) groups is 4. The van der Waals surface area contributed by atoms with E-state index in [1.54, 1.807) is 21.0 Å². The number of ether oxygens (including phenoxy) is 2. The molecule has 1 rings (SSSR count). The fraction of sp³-hybridized carbons (Fsp3) is 0.810. The van der Waals surface area contributed by atoms with Crippen LogP contribution in [0.5, 0.6) is 0 Å². The number of carboxylic acids is 3. The molecule has 1 atom stereocenters. The number of nitrogens with zero attached hydrogens (tertiary/aromatic N) is 4. The summed E-state index contributed by atoms with van der Waals surface area (Å²) >= 11 is 4.27. The number of aliphatic carboxylic acids is 3. The Morgan fingerprint density at radius 3 is 1.14 bits per heavy atom. The summed E-state index contributed by atoms with van der Waals surface area (Å²) < 4.78 is 11.4. The molecule has 0 aromatic carbocycles. The van der Waals surface area contributed by atoms with Gasteiger partial charge in [0.15, 0.2) is 5.12 Å². The van der Waals surface area contributed by atoms with Crippen molar-refractivity contribution in [3.8, 4) is 0 Å². The second-order valence-electron chi connectivity index (χ2n) is 8.43. The van der Waals surface area contributed by atoms with Gasteiger partial charge in [-0.25, -0.2) is 0 Å². The molecule has 0 saturated carbocycles. The summed E-state index contributed by atoms with van der Waals surface area (Å²) in [5.41, 5.74) is 0. The molecule has 13 nitrogen and oxygen atoms in total. The minimum absolute atomic E-state index is 0.0159. The Balaban J connectivity index is 2.87. The molecule has 1 aliphatic rings. The smallest absolute Gasteiger partial charge is 0.317 e. The van der Waals surface area contributed by atoms with E-state index < -0.39 is 27.8 Å². The van der Waals surface area contributed by atoms with Crippen LogP contribution in [-0.2, 0) is 28.7 Å². The summed E-state index contributed by atoms with van der Waals surface area (Å²) in [6.07, 6.45) is 1.77. The summed E-state index contributed by atoms with van der Waals surface area (Å²) in [4.78, 5) is 53.1. The molecule has 0 aromatic heterocycles. The zero-order valence-electron chi connectivity index (χ0n) is 20.8. The van der Waals surface area contributed by atoms with Crippen molar-refractivity contribution in [2.45, 2.75) is 0 Å². The number of rotatable bonds is 8. The van der Waals surface area contributed by atoms with Gasteiger partial charge in [0, 0.05) is 52.4 Å². The van der Waals surface area contributed by atoms with Crippen LogP contribution in [0.15, 0.2) is 0 Å². The number of hydrogen-bond donors (Lipinski definition) is 5. The lowest BCUT2D eigenvalue weighted by Gasteiger charge is -2.28. The van der Waals surface area contributed by atoms with Crippen molar-refractivity contribution in [3.05, 3.63) is 0 Å². The zero-order valence-corrected chi connectivity index (χ0v) is 22.6. The lowest BCUT2D eigenvalue weighted by atomic mass is 10.3. The molecule has 210 valence electrons. The number of carboxylic acid groups (broad SMARTS) is 3. The topological polar surface area (TPSA) is 160 Å². The molecular weight excluding hydrogens is 516 g/mol. The first-order valence-corrected chi connectivity index (χ1v) is 14.7. The summed E-state index contributed by atoms with van der Waals surface area (Å²) in [7, 11) is -1.05. The van der Waals surface area contributed by atoms with Crippen molar-refractivity contribution in [1.29, 1.82) is 0 Å². The SMILES string of the molecule is C[SH](S)C(=O)CN1CCOCCN(CC(=O)O)CCN(CC(=O)O)CCOCCN(CC(=O)O)CC1. The molecule has 0 bridgehead atoms. The van der Waals surface area contributed by atoms with Crippen LogP contribution in [0.1, 0.15) is 0 Å².